The summed E-state index contributed by atoms with van der Waals surface area (Å²) < 4.78 is 4.99. The summed E-state index contributed by atoms with van der Waals surface area (Å²) in [5.74, 6) is 0.349. The maximum absolute atomic E-state index is 11.9. The van der Waals surface area contributed by atoms with Gasteiger partial charge in [-0.1, -0.05) is 12.1 Å². The Morgan fingerprint density at radius 2 is 2.31 bits per heavy atom. The second kappa shape index (κ2) is 5.65. The number of nitrogens with one attached hydrogen (secondary N) is 1. The lowest BCUT2D eigenvalue weighted by Crippen LogP contribution is -2.33. The number of carbonyl (C=O) groups is 1. The van der Waals surface area contributed by atoms with Gasteiger partial charge in [0.2, 0.25) is 0 Å². The van der Waals surface area contributed by atoms with Gasteiger partial charge in [-0.15, -0.1) is 0 Å². The third kappa shape index (κ3) is 2.82. The van der Waals surface area contributed by atoms with Crippen molar-refractivity contribution in [1.82, 2.24) is 10.5 Å². The largest absolute Gasteiger partial charge is 0.396 e. The molecule has 0 aliphatic rings. The number of amides is 1. The third-order valence-corrected chi connectivity index (χ3v) is 2.43. The van der Waals surface area contributed by atoms with Crippen molar-refractivity contribution in [3.05, 3.63) is 17.0 Å². The molecule has 1 heterocycles. The van der Waals surface area contributed by atoms with E-state index < -0.39 is 0 Å². The molecule has 0 aliphatic carbocycles. The van der Waals surface area contributed by atoms with Crippen LogP contribution in [-0.2, 0) is 6.42 Å². The van der Waals surface area contributed by atoms with Crippen LogP contribution in [0.15, 0.2) is 4.52 Å². The molecule has 1 amide bonds. The molecule has 0 aliphatic heterocycles. The average Bonchev–Trinajstić information content (AvgIpc) is 2.59. The van der Waals surface area contributed by atoms with Gasteiger partial charge >= 0.3 is 0 Å². The Balaban J connectivity index is 2.75. The van der Waals surface area contributed by atoms with Gasteiger partial charge in [0.05, 0.1) is 5.69 Å². The summed E-state index contributed by atoms with van der Waals surface area (Å²) in [6.45, 7) is 5.55. The minimum Gasteiger partial charge on any atom is -0.396 e. The van der Waals surface area contributed by atoms with Crippen molar-refractivity contribution in [3.8, 4) is 0 Å². The number of aliphatic hydroxyl groups is 1. The number of aryl methyl sites for hydroxylation is 2. The Morgan fingerprint density at radius 1 is 1.62 bits per heavy atom. The van der Waals surface area contributed by atoms with E-state index in [-0.39, 0.29) is 18.6 Å². The molecule has 0 saturated heterocycles. The van der Waals surface area contributed by atoms with Crippen molar-refractivity contribution >= 4 is 5.91 Å². The van der Waals surface area contributed by atoms with Crippen LogP contribution in [0.4, 0.5) is 0 Å². The first-order valence-electron chi connectivity index (χ1n) is 5.47. The molecule has 0 radical (unpaired) electrons. The number of hydrogen-bond acceptors (Lipinski definition) is 4. The first kappa shape index (κ1) is 12.7. The van der Waals surface area contributed by atoms with Crippen molar-refractivity contribution in [1.29, 1.82) is 0 Å². The Kier molecular flexibility index (Phi) is 4.49. The third-order valence-electron chi connectivity index (χ3n) is 2.43. The van der Waals surface area contributed by atoms with Crippen LogP contribution in [-0.4, -0.2) is 28.8 Å². The van der Waals surface area contributed by atoms with Gasteiger partial charge in [-0.05, 0) is 26.7 Å². The van der Waals surface area contributed by atoms with Crippen LogP contribution in [0, 0.1) is 6.92 Å². The van der Waals surface area contributed by atoms with E-state index in [1.807, 2.05) is 13.8 Å². The second-order valence-corrected chi connectivity index (χ2v) is 3.80. The van der Waals surface area contributed by atoms with Crippen LogP contribution >= 0.6 is 0 Å². The molecule has 5 heteroatoms. The zero-order chi connectivity index (χ0) is 12.1. The monoisotopic (exact) mass is 226 g/mol. The van der Waals surface area contributed by atoms with E-state index in [4.69, 9.17) is 9.63 Å². The van der Waals surface area contributed by atoms with E-state index in [2.05, 4.69) is 10.5 Å². The van der Waals surface area contributed by atoms with E-state index in [1.54, 1.807) is 6.92 Å². The van der Waals surface area contributed by atoms with E-state index in [0.717, 1.165) is 0 Å². The Hall–Kier alpha value is -1.36. The van der Waals surface area contributed by atoms with Gasteiger partial charge in [0, 0.05) is 12.6 Å². The summed E-state index contributed by atoms with van der Waals surface area (Å²) in [6.07, 6.45) is 1.20. The first-order chi connectivity index (χ1) is 7.60. The fourth-order valence-electron chi connectivity index (χ4n) is 1.51. The van der Waals surface area contributed by atoms with Crippen LogP contribution in [0.5, 0.6) is 0 Å². The van der Waals surface area contributed by atoms with Crippen molar-refractivity contribution in [3.63, 3.8) is 0 Å². The minimum absolute atomic E-state index is 0.0588. The second-order valence-electron chi connectivity index (χ2n) is 3.80. The highest BCUT2D eigenvalue weighted by molar-refractivity contribution is 5.96. The fraction of sp³-hybridized carbons (Fsp3) is 0.636. The predicted octanol–water partition coefficient (Wildman–Crippen LogP) is 1.05. The molecule has 0 saturated carbocycles. The zero-order valence-corrected chi connectivity index (χ0v) is 9.91. The van der Waals surface area contributed by atoms with Crippen LogP contribution < -0.4 is 5.32 Å². The van der Waals surface area contributed by atoms with Gasteiger partial charge in [0.15, 0.2) is 0 Å². The van der Waals surface area contributed by atoms with E-state index in [0.29, 0.717) is 29.9 Å². The van der Waals surface area contributed by atoms with Gasteiger partial charge < -0.3 is 14.9 Å². The van der Waals surface area contributed by atoms with E-state index in [9.17, 15) is 4.79 Å². The lowest BCUT2D eigenvalue weighted by molar-refractivity contribution is 0.0932. The van der Waals surface area contributed by atoms with Crippen LogP contribution in [0.3, 0.4) is 0 Å². The van der Waals surface area contributed by atoms with Crippen LogP contribution in [0.2, 0.25) is 0 Å². The van der Waals surface area contributed by atoms with Gasteiger partial charge in [0.25, 0.3) is 5.91 Å². The summed E-state index contributed by atoms with van der Waals surface area (Å²) in [7, 11) is 0. The van der Waals surface area contributed by atoms with Gasteiger partial charge in [0.1, 0.15) is 11.3 Å². The summed E-state index contributed by atoms with van der Waals surface area (Å²) in [6, 6.07) is -0.0588. The quantitative estimate of drug-likeness (QED) is 0.786. The molecule has 90 valence electrons. The van der Waals surface area contributed by atoms with Gasteiger partial charge in [-0.2, -0.15) is 0 Å². The first-order valence-corrected chi connectivity index (χ1v) is 5.47. The number of rotatable bonds is 5. The molecule has 0 bridgehead atoms. The molecule has 0 aromatic carbocycles. The number of aromatic nitrogens is 1. The molecule has 1 aromatic heterocycles. The summed E-state index contributed by atoms with van der Waals surface area (Å²) in [4.78, 5) is 11.9. The molecule has 1 aromatic rings. The Morgan fingerprint density at radius 3 is 2.88 bits per heavy atom. The highest BCUT2D eigenvalue weighted by atomic mass is 16.5. The van der Waals surface area contributed by atoms with Crippen molar-refractivity contribution < 1.29 is 14.4 Å². The van der Waals surface area contributed by atoms with E-state index in [1.165, 1.54) is 0 Å². The summed E-state index contributed by atoms with van der Waals surface area (Å²) in [5.41, 5.74) is 1.19. The van der Waals surface area contributed by atoms with Gasteiger partial charge in [-0.3, -0.25) is 4.79 Å². The molecule has 0 spiro atoms. The van der Waals surface area contributed by atoms with Crippen molar-refractivity contribution in [2.24, 2.45) is 0 Å². The minimum atomic E-state index is -0.184. The summed E-state index contributed by atoms with van der Waals surface area (Å²) in [5, 5.41) is 15.4. The number of nitrogens with zero attached hydrogens (tertiary/aromatic N) is 1. The van der Waals surface area contributed by atoms with Crippen LogP contribution in [0.1, 0.15) is 42.1 Å². The summed E-state index contributed by atoms with van der Waals surface area (Å²) >= 11 is 0. The molecule has 5 nitrogen and oxygen atoms in total. The molecule has 0 fully saturated rings. The maximum Gasteiger partial charge on any atom is 0.257 e. The standard InChI is InChI=1S/C11H18N2O3/c1-4-9-10(8(3)16-13-9)11(15)12-7(2)5-6-14/h7,14H,4-6H2,1-3H3,(H,12,15). The molecule has 1 atom stereocenters. The fourth-order valence-corrected chi connectivity index (χ4v) is 1.51. The van der Waals surface area contributed by atoms with E-state index >= 15 is 0 Å². The number of aliphatic hydroxyl groups excluding tert-OH is 1. The molecule has 1 unspecified atom stereocenters. The number of hydrogen-bond donors (Lipinski definition) is 2. The average molecular weight is 226 g/mol. The molecule has 1 rings (SSSR count). The lowest BCUT2D eigenvalue weighted by atomic mass is 10.1. The molecular formula is C11H18N2O3. The lowest BCUT2D eigenvalue weighted by Gasteiger charge is -2.12. The Bertz CT molecular complexity index is 360. The maximum atomic E-state index is 11.9. The topological polar surface area (TPSA) is 75.4 Å². The molecule has 16 heavy (non-hydrogen) atoms. The van der Waals surface area contributed by atoms with Crippen molar-refractivity contribution in [2.45, 2.75) is 39.7 Å². The molecular weight excluding hydrogens is 208 g/mol. The smallest absolute Gasteiger partial charge is 0.257 e. The van der Waals surface area contributed by atoms with Gasteiger partial charge in [-0.25, -0.2) is 0 Å². The normalized spacial score (nSPS) is 12.5. The highest BCUT2D eigenvalue weighted by Gasteiger charge is 2.20. The number of carbonyl (C=O) groups excluding carboxylic acids is 1. The predicted molar refractivity (Wildman–Crippen MR) is 59.2 cm³/mol. The SMILES string of the molecule is CCc1noc(C)c1C(=O)NC(C)CCO. The highest BCUT2D eigenvalue weighted by Crippen LogP contribution is 2.14. The van der Waals surface area contributed by atoms with Crippen LogP contribution in [0.25, 0.3) is 0 Å². The molecule has 2 N–H and O–H groups in total. The Labute approximate surface area is 94.8 Å². The van der Waals surface area contributed by atoms with Crippen molar-refractivity contribution in [2.75, 3.05) is 6.61 Å². The zero-order valence-electron chi connectivity index (χ0n) is 9.91.